The molecule has 2 aromatic rings. The van der Waals surface area contributed by atoms with Gasteiger partial charge in [0.2, 0.25) is 0 Å². The van der Waals surface area contributed by atoms with Crippen LogP contribution in [0, 0.1) is 0 Å². The van der Waals surface area contributed by atoms with Crippen molar-refractivity contribution in [3.8, 4) is 0 Å². The molecule has 0 aliphatic heterocycles. The standard InChI is InChI=1S/C10H10N4O2/c15-10(16)6-3-1-2-5-7-4-11-13-9(7)14-12-8(5)6/h4,6H,1-3H2,(H,15,16)(H,11,13,14). The number of aromatic nitrogens is 4. The number of carbonyl (C=O) groups is 1. The van der Waals surface area contributed by atoms with E-state index in [9.17, 15) is 4.79 Å². The van der Waals surface area contributed by atoms with E-state index in [1.807, 2.05) is 0 Å². The third-order valence-corrected chi connectivity index (χ3v) is 3.06. The number of hydrogen-bond acceptors (Lipinski definition) is 4. The highest BCUT2D eigenvalue weighted by Crippen LogP contribution is 2.32. The van der Waals surface area contributed by atoms with Gasteiger partial charge in [-0.1, -0.05) is 0 Å². The quantitative estimate of drug-likeness (QED) is 0.740. The molecule has 2 heterocycles. The van der Waals surface area contributed by atoms with Gasteiger partial charge in [-0.15, -0.1) is 5.10 Å². The highest BCUT2D eigenvalue weighted by molar-refractivity contribution is 5.82. The highest BCUT2D eigenvalue weighted by atomic mass is 16.4. The summed E-state index contributed by atoms with van der Waals surface area (Å²) in [6.45, 7) is 0. The summed E-state index contributed by atoms with van der Waals surface area (Å²) >= 11 is 0. The van der Waals surface area contributed by atoms with Crippen LogP contribution in [0.4, 0.5) is 0 Å². The largest absolute Gasteiger partial charge is 0.481 e. The van der Waals surface area contributed by atoms with Crippen molar-refractivity contribution >= 4 is 17.0 Å². The van der Waals surface area contributed by atoms with Gasteiger partial charge < -0.3 is 5.11 Å². The molecule has 0 aromatic carbocycles. The Hall–Kier alpha value is -1.98. The molecular formula is C10H10N4O2. The van der Waals surface area contributed by atoms with Gasteiger partial charge in [-0.05, 0) is 24.8 Å². The molecule has 6 heteroatoms. The molecule has 0 saturated heterocycles. The number of aryl methyl sites for hydroxylation is 1. The lowest BCUT2D eigenvalue weighted by molar-refractivity contribution is -0.139. The Morgan fingerprint density at radius 3 is 3.19 bits per heavy atom. The fourth-order valence-corrected chi connectivity index (χ4v) is 2.28. The number of nitrogens with zero attached hydrogens (tertiary/aromatic N) is 3. The molecule has 2 aromatic heterocycles. The normalized spacial score (nSPS) is 19.6. The second kappa shape index (κ2) is 3.26. The molecular weight excluding hydrogens is 208 g/mol. The van der Waals surface area contributed by atoms with E-state index >= 15 is 0 Å². The minimum Gasteiger partial charge on any atom is -0.481 e. The number of nitrogens with one attached hydrogen (secondary N) is 1. The highest BCUT2D eigenvalue weighted by Gasteiger charge is 2.29. The molecule has 0 spiro atoms. The molecule has 0 saturated carbocycles. The van der Waals surface area contributed by atoms with E-state index in [1.165, 1.54) is 0 Å². The Bertz CT molecular complexity index is 563. The summed E-state index contributed by atoms with van der Waals surface area (Å²) in [6.07, 6.45) is 4.05. The van der Waals surface area contributed by atoms with Gasteiger partial charge in [0, 0.05) is 5.39 Å². The minimum absolute atomic E-state index is 0.518. The van der Waals surface area contributed by atoms with Crippen LogP contribution in [0.1, 0.15) is 30.0 Å². The molecule has 2 N–H and O–H groups in total. The first-order valence-electron chi connectivity index (χ1n) is 5.18. The van der Waals surface area contributed by atoms with E-state index in [2.05, 4.69) is 20.4 Å². The molecule has 0 amide bonds. The molecule has 82 valence electrons. The van der Waals surface area contributed by atoms with Gasteiger partial charge in [-0.3, -0.25) is 9.89 Å². The van der Waals surface area contributed by atoms with Gasteiger partial charge in [0.25, 0.3) is 0 Å². The van der Waals surface area contributed by atoms with Gasteiger partial charge in [-0.2, -0.15) is 10.2 Å². The van der Waals surface area contributed by atoms with Crippen molar-refractivity contribution in [3.05, 3.63) is 17.5 Å². The number of H-pyrrole nitrogens is 1. The smallest absolute Gasteiger partial charge is 0.312 e. The van der Waals surface area contributed by atoms with Crippen molar-refractivity contribution in [1.29, 1.82) is 0 Å². The molecule has 1 aliphatic rings. The summed E-state index contributed by atoms with van der Waals surface area (Å²) < 4.78 is 0. The van der Waals surface area contributed by atoms with Crippen molar-refractivity contribution in [2.45, 2.75) is 25.2 Å². The molecule has 0 fully saturated rings. The van der Waals surface area contributed by atoms with Crippen molar-refractivity contribution < 1.29 is 9.90 Å². The zero-order valence-electron chi connectivity index (χ0n) is 8.47. The maximum Gasteiger partial charge on any atom is 0.312 e. The number of carboxylic acid groups (broad SMARTS) is 1. The van der Waals surface area contributed by atoms with Crippen LogP contribution in [0.25, 0.3) is 11.0 Å². The summed E-state index contributed by atoms with van der Waals surface area (Å²) in [5.74, 6) is -1.34. The Labute approximate surface area is 90.7 Å². The molecule has 1 unspecified atom stereocenters. The van der Waals surface area contributed by atoms with E-state index in [4.69, 9.17) is 5.11 Å². The molecule has 3 rings (SSSR count). The number of aliphatic carboxylic acids is 1. The van der Waals surface area contributed by atoms with Gasteiger partial charge >= 0.3 is 5.97 Å². The number of fused-ring (bicyclic) bond motifs is 3. The number of rotatable bonds is 1. The van der Waals surface area contributed by atoms with Crippen LogP contribution in [0.2, 0.25) is 0 Å². The number of hydrogen-bond donors (Lipinski definition) is 2. The van der Waals surface area contributed by atoms with E-state index in [0.29, 0.717) is 17.8 Å². The van der Waals surface area contributed by atoms with Crippen molar-refractivity contribution in [1.82, 2.24) is 20.4 Å². The lowest BCUT2D eigenvalue weighted by Crippen LogP contribution is -2.20. The summed E-state index contributed by atoms with van der Waals surface area (Å²) in [5.41, 5.74) is 2.22. The fourth-order valence-electron chi connectivity index (χ4n) is 2.28. The Balaban J connectivity index is 2.25. The maximum atomic E-state index is 11.1. The molecule has 0 bridgehead atoms. The van der Waals surface area contributed by atoms with Crippen LogP contribution in [-0.4, -0.2) is 31.5 Å². The van der Waals surface area contributed by atoms with Crippen LogP contribution in [-0.2, 0) is 11.2 Å². The predicted molar refractivity (Wildman–Crippen MR) is 55.0 cm³/mol. The zero-order chi connectivity index (χ0) is 11.1. The first-order chi connectivity index (χ1) is 7.77. The van der Waals surface area contributed by atoms with Crippen LogP contribution in [0.5, 0.6) is 0 Å². The summed E-state index contributed by atoms with van der Waals surface area (Å²) in [7, 11) is 0. The molecule has 6 nitrogen and oxygen atoms in total. The second-order valence-electron chi connectivity index (χ2n) is 3.98. The van der Waals surface area contributed by atoms with E-state index < -0.39 is 11.9 Å². The van der Waals surface area contributed by atoms with Gasteiger partial charge in [0.1, 0.15) is 5.92 Å². The minimum atomic E-state index is -0.821. The zero-order valence-corrected chi connectivity index (χ0v) is 8.47. The van der Waals surface area contributed by atoms with Crippen molar-refractivity contribution in [2.75, 3.05) is 0 Å². The molecule has 1 aliphatic carbocycles. The van der Waals surface area contributed by atoms with Crippen LogP contribution in [0.15, 0.2) is 6.20 Å². The van der Waals surface area contributed by atoms with Gasteiger partial charge in [0.05, 0.1) is 11.9 Å². The van der Waals surface area contributed by atoms with E-state index in [1.54, 1.807) is 6.20 Å². The average Bonchev–Trinajstić information content (AvgIpc) is 2.76. The first-order valence-corrected chi connectivity index (χ1v) is 5.18. The third kappa shape index (κ3) is 1.19. The van der Waals surface area contributed by atoms with Crippen molar-refractivity contribution in [3.63, 3.8) is 0 Å². The molecule has 0 radical (unpaired) electrons. The fraction of sp³-hybridized carbons (Fsp3) is 0.400. The predicted octanol–water partition coefficient (Wildman–Crippen LogP) is 0.857. The summed E-state index contributed by atoms with van der Waals surface area (Å²) in [4.78, 5) is 11.1. The van der Waals surface area contributed by atoms with Crippen LogP contribution < -0.4 is 0 Å². The first kappa shape index (κ1) is 9.26. The second-order valence-corrected chi connectivity index (χ2v) is 3.98. The topological polar surface area (TPSA) is 91.8 Å². The van der Waals surface area contributed by atoms with Crippen molar-refractivity contribution in [2.24, 2.45) is 0 Å². The number of carboxylic acids is 1. The monoisotopic (exact) mass is 218 g/mol. The number of aromatic amines is 1. The average molecular weight is 218 g/mol. The van der Waals surface area contributed by atoms with E-state index in [-0.39, 0.29) is 0 Å². The van der Waals surface area contributed by atoms with E-state index in [0.717, 1.165) is 23.8 Å². The maximum absolute atomic E-state index is 11.1. The van der Waals surface area contributed by atoms with Gasteiger partial charge in [-0.25, -0.2) is 0 Å². The van der Waals surface area contributed by atoms with Gasteiger partial charge in [0.15, 0.2) is 5.65 Å². The lowest BCUT2D eigenvalue weighted by atomic mass is 9.86. The molecule has 16 heavy (non-hydrogen) atoms. The molecule has 1 atom stereocenters. The Morgan fingerprint density at radius 1 is 1.50 bits per heavy atom. The van der Waals surface area contributed by atoms with Crippen LogP contribution >= 0.6 is 0 Å². The Kier molecular flexibility index (Phi) is 1.89. The summed E-state index contributed by atoms with van der Waals surface area (Å²) in [5, 5.41) is 24.6. The SMILES string of the molecule is O=C(O)C1CCCc2c1nnc1[nH]ncc21. The third-order valence-electron chi connectivity index (χ3n) is 3.06. The lowest BCUT2D eigenvalue weighted by Gasteiger charge is -2.20. The van der Waals surface area contributed by atoms with Crippen LogP contribution in [0.3, 0.4) is 0 Å². The Morgan fingerprint density at radius 2 is 2.38 bits per heavy atom. The summed E-state index contributed by atoms with van der Waals surface area (Å²) in [6, 6.07) is 0.